The fourth-order valence-corrected chi connectivity index (χ4v) is 8.93. The Morgan fingerprint density at radius 3 is 1.59 bits per heavy atom. The van der Waals surface area contributed by atoms with Crippen LogP contribution in [-0.4, -0.2) is 50.0 Å². The summed E-state index contributed by atoms with van der Waals surface area (Å²) in [7, 11) is 6.46. The zero-order valence-corrected chi connectivity index (χ0v) is 34.5. The first kappa shape index (κ1) is 40.0. The van der Waals surface area contributed by atoms with Crippen molar-refractivity contribution in [3.8, 4) is 49.0 Å². The number of halogens is 1. The maximum absolute atomic E-state index is 13.6. The van der Waals surface area contributed by atoms with Crippen molar-refractivity contribution in [2.45, 2.75) is 6.42 Å². The van der Waals surface area contributed by atoms with Gasteiger partial charge in [-0.1, -0.05) is 42.5 Å². The second-order valence-corrected chi connectivity index (χ2v) is 15.7. The van der Waals surface area contributed by atoms with Crippen molar-refractivity contribution in [2.24, 2.45) is 0 Å². The summed E-state index contributed by atoms with van der Waals surface area (Å²) in [5, 5.41) is 2.73. The van der Waals surface area contributed by atoms with Crippen LogP contribution in [0.2, 0.25) is 0 Å². The van der Waals surface area contributed by atoms with E-state index in [-0.39, 0.29) is 11.6 Å². The average Bonchev–Trinajstić information content (AvgIpc) is 4.03. The largest absolute Gasteiger partial charge is 0.498 e. The molecule has 8 nitrogen and oxygen atoms in total. The van der Waals surface area contributed by atoms with Crippen molar-refractivity contribution in [1.29, 1.82) is 0 Å². The number of benzene rings is 6. The highest BCUT2D eigenvalue weighted by molar-refractivity contribution is 7.22. The second kappa shape index (κ2) is 18.8. The van der Waals surface area contributed by atoms with E-state index in [0.29, 0.717) is 18.0 Å². The monoisotopic (exact) mass is 824 g/mol. The van der Waals surface area contributed by atoms with Crippen LogP contribution in [0.15, 0.2) is 127 Å². The number of hydrogen-bond acceptors (Lipinski definition) is 10. The van der Waals surface area contributed by atoms with Crippen molar-refractivity contribution < 1.29 is 23.3 Å². The predicted octanol–water partition coefficient (Wildman–Crippen LogP) is 12.8. The van der Waals surface area contributed by atoms with Gasteiger partial charge in [-0.05, 0) is 96.9 Å². The van der Waals surface area contributed by atoms with Crippen LogP contribution in [0.4, 0.5) is 10.1 Å². The van der Waals surface area contributed by atoms with E-state index >= 15 is 0 Å². The molecule has 12 heteroatoms. The summed E-state index contributed by atoms with van der Waals surface area (Å²) in [6.07, 6.45) is 0.832. The predicted molar refractivity (Wildman–Crippen MR) is 237 cm³/mol. The Morgan fingerprint density at radius 1 is 0.569 bits per heavy atom. The summed E-state index contributed by atoms with van der Waals surface area (Å²) in [4.78, 5) is 17.3. The third-order valence-electron chi connectivity index (χ3n) is 8.94. The van der Waals surface area contributed by atoms with E-state index in [4.69, 9.17) is 30.5 Å². The molecule has 0 spiro atoms. The quantitative estimate of drug-likeness (QED) is 0.134. The van der Waals surface area contributed by atoms with Crippen LogP contribution in [0.1, 0.15) is 5.56 Å². The van der Waals surface area contributed by atoms with Crippen molar-refractivity contribution >= 4 is 70.3 Å². The first-order valence-electron chi connectivity index (χ1n) is 18.0. The molecule has 0 bridgehead atoms. The summed E-state index contributed by atoms with van der Waals surface area (Å²) in [6, 6.07) is 40.7. The first-order chi connectivity index (χ1) is 28.4. The molecule has 0 radical (unpaired) electrons. The van der Waals surface area contributed by atoms with Gasteiger partial charge in [-0.15, -0.1) is 34.0 Å². The van der Waals surface area contributed by atoms with Gasteiger partial charge in [-0.25, -0.2) is 24.2 Å². The van der Waals surface area contributed by atoms with Crippen molar-refractivity contribution in [3.63, 3.8) is 0 Å². The van der Waals surface area contributed by atoms with Crippen LogP contribution in [-0.2, 0) is 11.2 Å². The lowest BCUT2D eigenvalue weighted by atomic mass is 10.1. The number of methoxy groups -OCH3 is 4. The molecule has 0 unspecified atom stereocenters. The van der Waals surface area contributed by atoms with Gasteiger partial charge in [0.2, 0.25) is 5.69 Å². The molecule has 0 N–H and O–H groups in total. The van der Waals surface area contributed by atoms with Crippen molar-refractivity contribution in [2.75, 3.05) is 35.0 Å². The number of aromatic nitrogens is 3. The molecule has 0 saturated carbocycles. The highest BCUT2D eigenvalue weighted by Crippen LogP contribution is 2.38. The zero-order chi connectivity index (χ0) is 40.4. The molecule has 0 fully saturated rings. The highest BCUT2D eigenvalue weighted by Gasteiger charge is 2.13. The number of nitrogens with zero attached hydrogens (tertiary/aromatic N) is 4. The molecule has 0 amide bonds. The molecular weight excluding hydrogens is 788 g/mol. The van der Waals surface area contributed by atoms with Gasteiger partial charge in [-0.2, -0.15) is 0 Å². The van der Waals surface area contributed by atoms with Gasteiger partial charge < -0.3 is 18.9 Å². The van der Waals surface area contributed by atoms with Crippen LogP contribution in [0.3, 0.4) is 0 Å². The molecule has 3 aromatic heterocycles. The number of ether oxygens (including phenoxy) is 4. The molecule has 9 aromatic rings. The minimum Gasteiger partial charge on any atom is -0.498 e. The van der Waals surface area contributed by atoms with Crippen LogP contribution < -0.4 is 14.2 Å². The van der Waals surface area contributed by atoms with Gasteiger partial charge in [0, 0.05) is 23.8 Å². The van der Waals surface area contributed by atoms with E-state index < -0.39 is 0 Å². The minimum atomic E-state index is -0.366. The fraction of sp³-hybridized carbons (Fsp3) is 0.130. The van der Waals surface area contributed by atoms with E-state index in [1.54, 1.807) is 67.5 Å². The van der Waals surface area contributed by atoms with E-state index in [0.717, 1.165) is 75.4 Å². The molecule has 0 atom stereocenters. The number of fused-ring (bicyclic) bond motifs is 3. The van der Waals surface area contributed by atoms with Crippen molar-refractivity contribution in [3.05, 3.63) is 150 Å². The molecule has 6 aromatic carbocycles. The van der Waals surface area contributed by atoms with Crippen LogP contribution in [0.5, 0.6) is 17.2 Å². The normalized spacial score (nSPS) is 10.7. The van der Waals surface area contributed by atoms with Crippen molar-refractivity contribution in [1.82, 2.24) is 15.0 Å². The molecule has 58 heavy (non-hydrogen) atoms. The van der Waals surface area contributed by atoms with E-state index in [1.807, 2.05) is 91.0 Å². The summed E-state index contributed by atoms with van der Waals surface area (Å²) in [5.41, 5.74) is 7.43. The van der Waals surface area contributed by atoms with Gasteiger partial charge in [0.05, 0.1) is 65.2 Å². The molecule has 290 valence electrons. The lowest BCUT2D eigenvalue weighted by molar-refractivity contribution is 0.201. The molecule has 0 aliphatic rings. The van der Waals surface area contributed by atoms with Gasteiger partial charge in [0.25, 0.3) is 0 Å². The number of para-hydroxylation sites is 3. The van der Waals surface area contributed by atoms with E-state index in [2.05, 4.69) is 33.0 Å². The number of rotatable bonds is 9. The third-order valence-corrected chi connectivity index (χ3v) is 12.2. The lowest BCUT2D eigenvalue weighted by Crippen LogP contribution is -1.98. The highest BCUT2D eigenvalue weighted by atomic mass is 32.1. The fourth-order valence-electron chi connectivity index (χ4n) is 6.01. The van der Waals surface area contributed by atoms with Gasteiger partial charge >= 0.3 is 0 Å². The zero-order valence-electron chi connectivity index (χ0n) is 32.1. The standard InChI is InChI=1S/C17H17NO2S.C15H10N2OS.C14H10FNOS/c1-19-10-9-12-11-13(7-8-15(12)20-2)17-18-14-5-3-4-6-16(14)21-17;1-16-13-9-10(18-2)7-8-11(13)15-17-12-5-3-4-6-14(12)19-15;1-17-12-7-6-9(8-10(12)15)14-16-11-4-2-3-5-13(11)18-14/h3-8,11H,9-10H2,1-2H3;3-9H,2H3;2-8H,1H3. The Labute approximate surface area is 347 Å². The SMILES string of the molecule is COCCc1cc(-c2nc3ccccc3s2)ccc1OC.COc1ccc(-c2nc3ccccc3s2)cc1F.[C-]#[N+]c1cc(OC)ccc1-c1nc2ccccc2s1. The van der Waals surface area contributed by atoms with Crippen LogP contribution in [0.25, 0.3) is 67.2 Å². The van der Waals surface area contributed by atoms with Gasteiger partial charge in [0.1, 0.15) is 26.5 Å². The Morgan fingerprint density at radius 2 is 1.09 bits per heavy atom. The van der Waals surface area contributed by atoms with Crippen LogP contribution in [0, 0.1) is 12.4 Å². The third kappa shape index (κ3) is 9.15. The Hall–Kier alpha value is -6.23. The molecule has 0 saturated heterocycles. The Bertz CT molecular complexity index is 2760. The number of thiazole rings is 3. The maximum atomic E-state index is 13.6. The molecule has 3 heterocycles. The second-order valence-electron chi connectivity index (χ2n) is 12.6. The average molecular weight is 825 g/mol. The van der Waals surface area contributed by atoms with E-state index in [1.165, 1.54) is 17.9 Å². The molecule has 9 rings (SSSR count). The summed E-state index contributed by atoms with van der Waals surface area (Å²) in [5.74, 6) is 1.47. The smallest absolute Gasteiger partial charge is 0.200 e. The summed E-state index contributed by atoms with van der Waals surface area (Å²) >= 11 is 4.87. The summed E-state index contributed by atoms with van der Waals surface area (Å²) in [6.45, 7) is 7.97. The topological polar surface area (TPSA) is 80.0 Å². The molecular formula is C46H37FN4O4S3. The first-order valence-corrected chi connectivity index (χ1v) is 20.5. The minimum absolute atomic E-state index is 0.250. The van der Waals surface area contributed by atoms with E-state index in [9.17, 15) is 4.39 Å². The summed E-state index contributed by atoms with van der Waals surface area (Å²) < 4.78 is 37.7. The molecule has 0 aliphatic carbocycles. The number of hydrogen-bond donors (Lipinski definition) is 0. The lowest BCUT2D eigenvalue weighted by Gasteiger charge is -2.09. The molecule has 0 aliphatic heterocycles. The van der Waals surface area contributed by atoms with Gasteiger partial charge in [0.15, 0.2) is 11.6 Å². The Kier molecular flexibility index (Phi) is 13.0. The maximum Gasteiger partial charge on any atom is 0.200 e. The Balaban J connectivity index is 0.000000133. The van der Waals surface area contributed by atoms with Crippen LogP contribution >= 0.6 is 34.0 Å². The van der Waals surface area contributed by atoms with Gasteiger partial charge in [-0.3, -0.25) is 0 Å².